The summed E-state index contributed by atoms with van der Waals surface area (Å²) in [5, 5.41) is 8.42. The molecule has 0 aromatic carbocycles. The van der Waals surface area contributed by atoms with E-state index in [0.717, 1.165) is 35.8 Å². The second-order valence-corrected chi connectivity index (χ2v) is 4.83. The molecular formula is C12H19N5. The van der Waals surface area contributed by atoms with Gasteiger partial charge in [0.15, 0.2) is 11.5 Å². The van der Waals surface area contributed by atoms with E-state index in [1.54, 1.807) is 0 Å². The molecule has 2 heterocycles. The summed E-state index contributed by atoms with van der Waals surface area (Å²) in [5.41, 5.74) is 7.62. The van der Waals surface area contributed by atoms with Gasteiger partial charge in [-0.1, -0.05) is 13.3 Å². The van der Waals surface area contributed by atoms with Gasteiger partial charge in [0, 0.05) is 11.8 Å². The van der Waals surface area contributed by atoms with Gasteiger partial charge < -0.3 is 5.73 Å². The Morgan fingerprint density at radius 3 is 2.71 bits per heavy atom. The van der Waals surface area contributed by atoms with Crippen LogP contribution in [0.3, 0.4) is 0 Å². The number of hydrogen-bond donors (Lipinski definition) is 1. The molecule has 1 unspecified atom stereocenters. The summed E-state index contributed by atoms with van der Waals surface area (Å²) in [6.07, 6.45) is 1.89. The van der Waals surface area contributed by atoms with E-state index in [1.165, 1.54) is 0 Å². The smallest absolute Gasteiger partial charge is 0.164 e. The van der Waals surface area contributed by atoms with Crippen molar-refractivity contribution in [2.45, 2.75) is 46.1 Å². The monoisotopic (exact) mass is 233 g/mol. The molecule has 92 valence electrons. The minimum atomic E-state index is -0.462. The SMILES string of the molecule is CCCC(C)(N)c1nnc2cc(C)nc(C)n12. The Balaban J connectivity index is 2.64. The third kappa shape index (κ3) is 2.02. The van der Waals surface area contributed by atoms with Crippen molar-refractivity contribution in [3.05, 3.63) is 23.4 Å². The van der Waals surface area contributed by atoms with Gasteiger partial charge in [-0.25, -0.2) is 4.98 Å². The Kier molecular flexibility index (Phi) is 2.87. The summed E-state index contributed by atoms with van der Waals surface area (Å²) < 4.78 is 1.95. The fraction of sp³-hybridized carbons (Fsp3) is 0.583. The first-order valence-corrected chi connectivity index (χ1v) is 5.94. The van der Waals surface area contributed by atoms with E-state index in [4.69, 9.17) is 5.73 Å². The molecule has 1 atom stereocenters. The lowest BCUT2D eigenvalue weighted by Crippen LogP contribution is -2.35. The molecule has 0 saturated heterocycles. The molecule has 2 aromatic rings. The summed E-state index contributed by atoms with van der Waals surface area (Å²) in [6.45, 7) is 8.01. The summed E-state index contributed by atoms with van der Waals surface area (Å²) >= 11 is 0. The molecule has 0 aliphatic carbocycles. The standard InChI is InChI=1S/C12H19N5/c1-5-6-12(4,13)11-16-15-10-7-8(2)14-9(3)17(10)11/h7H,5-6,13H2,1-4H3. The average molecular weight is 233 g/mol. The van der Waals surface area contributed by atoms with Crippen LogP contribution in [0.1, 0.15) is 44.0 Å². The Morgan fingerprint density at radius 1 is 1.35 bits per heavy atom. The molecule has 17 heavy (non-hydrogen) atoms. The number of aryl methyl sites for hydroxylation is 2. The second-order valence-electron chi connectivity index (χ2n) is 4.83. The highest BCUT2D eigenvalue weighted by Gasteiger charge is 2.27. The molecule has 0 spiro atoms. The highest BCUT2D eigenvalue weighted by molar-refractivity contribution is 5.40. The predicted octanol–water partition coefficient (Wildman–Crippen LogP) is 1.72. The van der Waals surface area contributed by atoms with Crippen molar-refractivity contribution in [2.75, 3.05) is 0 Å². The van der Waals surface area contributed by atoms with Crippen LogP contribution in [0.25, 0.3) is 5.65 Å². The maximum atomic E-state index is 6.31. The van der Waals surface area contributed by atoms with E-state index in [2.05, 4.69) is 22.1 Å². The number of rotatable bonds is 3. The molecular weight excluding hydrogens is 214 g/mol. The third-order valence-electron chi connectivity index (χ3n) is 2.97. The van der Waals surface area contributed by atoms with E-state index in [9.17, 15) is 0 Å². The first-order chi connectivity index (χ1) is 7.95. The Labute approximate surface area is 101 Å². The lowest BCUT2D eigenvalue weighted by Gasteiger charge is -2.22. The Morgan fingerprint density at radius 2 is 2.06 bits per heavy atom. The zero-order valence-corrected chi connectivity index (χ0v) is 10.9. The Hall–Kier alpha value is -1.49. The van der Waals surface area contributed by atoms with Gasteiger partial charge in [-0.05, 0) is 27.2 Å². The highest BCUT2D eigenvalue weighted by atomic mass is 15.3. The zero-order chi connectivity index (χ0) is 12.6. The van der Waals surface area contributed by atoms with Crippen molar-refractivity contribution in [1.82, 2.24) is 19.6 Å². The number of nitrogens with two attached hydrogens (primary N) is 1. The van der Waals surface area contributed by atoms with Crippen LogP contribution in [0.4, 0.5) is 0 Å². The number of aromatic nitrogens is 4. The molecule has 0 amide bonds. The van der Waals surface area contributed by atoms with Gasteiger partial charge in [-0.15, -0.1) is 10.2 Å². The van der Waals surface area contributed by atoms with Crippen LogP contribution in [-0.4, -0.2) is 19.6 Å². The molecule has 0 aliphatic heterocycles. The van der Waals surface area contributed by atoms with E-state index in [0.29, 0.717) is 0 Å². The first-order valence-electron chi connectivity index (χ1n) is 5.94. The molecule has 0 saturated carbocycles. The van der Waals surface area contributed by atoms with Crippen LogP contribution in [-0.2, 0) is 5.54 Å². The molecule has 0 radical (unpaired) electrons. The highest BCUT2D eigenvalue weighted by Crippen LogP contribution is 2.22. The van der Waals surface area contributed by atoms with Crippen molar-refractivity contribution >= 4 is 5.65 Å². The normalized spacial score (nSPS) is 15.1. The van der Waals surface area contributed by atoms with E-state index < -0.39 is 5.54 Å². The molecule has 0 fully saturated rings. The van der Waals surface area contributed by atoms with Gasteiger partial charge in [0.1, 0.15) is 5.82 Å². The minimum Gasteiger partial charge on any atom is -0.319 e. The van der Waals surface area contributed by atoms with Crippen LogP contribution in [0.2, 0.25) is 0 Å². The van der Waals surface area contributed by atoms with Gasteiger partial charge in [-0.3, -0.25) is 4.40 Å². The van der Waals surface area contributed by atoms with Gasteiger partial charge in [0.05, 0.1) is 5.54 Å². The molecule has 2 N–H and O–H groups in total. The van der Waals surface area contributed by atoms with Crippen molar-refractivity contribution in [3.63, 3.8) is 0 Å². The average Bonchev–Trinajstić information content (AvgIpc) is 2.61. The second kappa shape index (κ2) is 4.07. The Bertz CT molecular complexity index is 541. The third-order valence-corrected chi connectivity index (χ3v) is 2.97. The van der Waals surface area contributed by atoms with Crippen molar-refractivity contribution in [2.24, 2.45) is 5.73 Å². The van der Waals surface area contributed by atoms with Crippen molar-refractivity contribution in [1.29, 1.82) is 0 Å². The maximum Gasteiger partial charge on any atom is 0.164 e. The largest absolute Gasteiger partial charge is 0.319 e. The minimum absolute atomic E-state index is 0.462. The van der Waals surface area contributed by atoms with E-state index in [1.807, 2.05) is 31.2 Å². The van der Waals surface area contributed by atoms with Crippen molar-refractivity contribution < 1.29 is 0 Å². The topological polar surface area (TPSA) is 69.1 Å². The molecule has 5 heteroatoms. The quantitative estimate of drug-likeness (QED) is 0.876. The van der Waals surface area contributed by atoms with Gasteiger partial charge >= 0.3 is 0 Å². The summed E-state index contributed by atoms with van der Waals surface area (Å²) in [4.78, 5) is 4.44. The summed E-state index contributed by atoms with van der Waals surface area (Å²) in [6, 6.07) is 1.92. The molecule has 0 aliphatic rings. The molecule has 2 rings (SSSR count). The fourth-order valence-electron chi connectivity index (χ4n) is 2.23. The van der Waals surface area contributed by atoms with Crippen LogP contribution in [0.15, 0.2) is 6.07 Å². The van der Waals surface area contributed by atoms with E-state index >= 15 is 0 Å². The number of fused-ring (bicyclic) bond motifs is 1. The number of nitrogens with zero attached hydrogens (tertiary/aromatic N) is 4. The van der Waals surface area contributed by atoms with Crippen molar-refractivity contribution in [3.8, 4) is 0 Å². The fourth-order valence-corrected chi connectivity index (χ4v) is 2.23. The lowest BCUT2D eigenvalue weighted by molar-refractivity contribution is 0.414. The maximum absolute atomic E-state index is 6.31. The summed E-state index contributed by atoms with van der Waals surface area (Å²) in [7, 11) is 0. The first kappa shape index (κ1) is 12.0. The van der Waals surface area contributed by atoms with Crippen LogP contribution in [0.5, 0.6) is 0 Å². The zero-order valence-electron chi connectivity index (χ0n) is 10.9. The summed E-state index contributed by atoms with van der Waals surface area (Å²) in [5.74, 6) is 1.67. The molecule has 5 nitrogen and oxygen atoms in total. The van der Waals surface area contributed by atoms with Crippen LogP contribution < -0.4 is 5.73 Å². The van der Waals surface area contributed by atoms with E-state index in [-0.39, 0.29) is 0 Å². The van der Waals surface area contributed by atoms with Crippen LogP contribution in [0, 0.1) is 13.8 Å². The lowest BCUT2D eigenvalue weighted by atomic mass is 9.97. The van der Waals surface area contributed by atoms with Gasteiger partial charge in [0.25, 0.3) is 0 Å². The number of hydrogen-bond acceptors (Lipinski definition) is 4. The van der Waals surface area contributed by atoms with Gasteiger partial charge in [-0.2, -0.15) is 0 Å². The van der Waals surface area contributed by atoms with Gasteiger partial charge in [0.2, 0.25) is 0 Å². The molecule has 0 bridgehead atoms. The predicted molar refractivity (Wildman–Crippen MR) is 66.7 cm³/mol. The molecule has 2 aromatic heterocycles. The van der Waals surface area contributed by atoms with Crippen LogP contribution >= 0.6 is 0 Å².